The van der Waals surface area contributed by atoms with Gasteiger partial charge in [0.05, 0.1) is 13.5 Å². The van der Waals surface area contributed by atoms with Gasteiger partial charge in [0.1, 0.15) is 0 Å². The Labute approximate surface area is 63.7 Å². The maximum atomic E-state index is 4.97. The summed E-state index contributed by atoms with van der Waals surface area (Å²) in [6.45, 7) is 1.86. The van der Waals surface area contributed by atoms with Crippen molar-refractivity contribution < 1.29 is 4.74 Å². The van der Waals surface area contributed by atoms with Gasteiger partial charge < -0.3 is 4.74 Å². The van der Waals surface area contributed by atoms with E-state index < -0.39 is 0 Å². The lowest BCUT2D eigenvalue weighted by Gasteiger charge is -1.92. The third-order valence-corrected chi connectivity index (χ3v) is 1.62. The molecular weight excluding hydrogens is 144 g/mol. The molecule has 2 rings (SSSR count). The van der Waals surface area contributed by atoms with Crippen LogP contribution in [0.1, 0.15) is 11.6 Å². The lowest BCUT2D eigenvalue weighted by Crippen LogP contribution is -2.00. The molecule has 0 aliphatic carbocycles. The standard InChI is InChI=1S/C6H8N4O/c1-4-7-8-5-3-6(11-2)9-10(4)5/h3H2,1-2H3. The van der Waals surface area contributed by atoms with Gasteiger partial charge >= 0.3 is 0 Å². The van der Waals surface area contributed by atoms with E-state index in [2.05, 4.69) is 15.3 Å². The molecule has 0 saturated heterocycles. The minimum absolute atomic E-state index is 0.650. The van der Waals surface area contributed by atoms with Gasteiger partial charge in [0.2, 0.25) is 5.90 Å². The smallest absolute Gasteiger partial charge is 0.214 e. The molecular formula is C6H8N4O. The van der Waals surface area contributed by atoms with Crippen molar-refractivity contribution in [1.29, 1.82) is 0 Å². The lowest BCUT2D eigenvalue weighted by atomic mass is 10.4. The predicted octanol–water partition coefficient (Wildman–Crippen LogP) is -0.0494. The number of hydrogen-bond acceptors (Lipinski definition) is 4. The van der Waals surface area contributed by atoms with Gasteiger partial charge in [-0.05, 0) is 6.92 Å². The van der Waals surface area contributed by atoms with Gasteiger partial charge in [-0.1, -0.05) is 0 Å². The molecule has 58 valence electrons. The van der Waals surface area contributed by atoms with E-state index in [0.29, 0.717) is 12.3 Å². The van der Waals surface area contributed by atoms with Crippen LogP contribution >= 0.6 is 0 Å². The second kappa shape index (κ2) is 2.05. The van der Waals surface area contributed by atoms with E-state index in [4.69, 9.17) is 4.74 Å². The Morgan fingerprint density at radius 3 is 2.91 bits per heavy atom. The van der Waals surface area contributed by atoms with E-state index >= 15 is 0 Å². The maximum absolute atomic E-state index is 4.97. The van der Waals surface area contributed by atoms with Crippen LogP contribution in [0, 0.1) is 6.92 Å². The first-order chi connectivity index (χ1) is 5.31. The zero-order valence-electron chi connectivity index (χ0n) is 6.40. The number of fused-ring (bicyclic) bond motifs is 1. The second-order valence-electron chi connectivity index (χ2n) is 2.35. The molecule has 1 aromatic rings. The summed E-state index contributed by atoms with van der Waals surface area (Å²) >= 11 is 0. The first-order valence-electron chi connectivity index (χ1n) is 3.34. The van der Waals surface area contributed by atoms with Crippen LogP contribution < -0.4 is 0 Å². The van der Waals surface area contributed by atoms with Crippen molar-refractivity contribution in [3.8, 4) is 0 Å². The Morgan fingerprint density at radius 1 is 1.45 bits per heavy atom. The molecule has 2 heterocycles. The van der Waals surface area contributed by atoms with Crippen molar-refractivity contribution in [3.05, 3.63) is 11.6 Å². The van der Waals surface area contributed by atoms with Crippen molar-refractivity contribution in [1.82, 2.24) is 14.9 Å². The molecule has 0 unspecified atom stereocenters. The fraction of sp³-hybridized carbons (Fsp3) is 0.500. The van der Waals surface area contributed by atoms with E-state index in [1.54, 1.807) is 11.8 Å². The number of rotatable bonds is 0. The highest BCUT2D eigenvalue weighted by Gasteiger charge is 2.18. The predicted molar refractivity (Wildman–Crippen MR) is 38.3 cm³/mol. The number of aromatic nitrogens is 3. The average Bonchev–Trinajstić information content (AvgIpc) is 2.53. The summed E-state index contributed by atoms with van der Waals surface area (Å²) in [7, 11) is 1.61. The van der Waals surface area contributed by atoms with Crippen LogP contribution in [0.4, 0.5) is 0 Å². The van der Waals surface area contributed by atoms with Crippen molar-refractivity contribution in [2.75, 3.05) is 7.11 Å². The topological polar surface area (TPSA) is 52.3 Å². The van der Waals surface area contributed by atoms with Gasteiger partial charge in [-0.25, -0.2) is 0 Å². The van der Waals surface area contributed by atoms with Gasteiger partial charge in [-0.2, -0.15) is 4.68 Å². The molecule has 0 atom stereocenters. The van der Waals surface area contributed by atoms with Crippen molar-refractivity contribution in [2.45, 2.75) is 13.3 Å². The fourth-order valence-electron chi connectivity index (χ4n) is 1.04. The molecule has 0 spiro atoms. The molecule has 0 radical (unpaired) electrons. The van der Waals surface area contributed by atoms with Crippen molar-refractivity contribution in [3.63, 3.8) is 0 Å². The molecule has 0 amide bonds. The first kappa shape index (κ1) is 6.33. The summed E-state index contributed by atoms with van der Waals surface area (Å²) in [6.07, 6.45) is 0.650. The van der Waals surface area contributed by atoms with Crippen molar-refractivity contribution in [2.24, 2.45) is 5.10 Å². The van der Waals surface area contributed by atoms with E-state index in [-0.39, 0.29) is 0 Å². The van der Waals surface area contributed by atoms with Crippen LogP contribution in [0.25, 0.3) is 0 Å². The van der Waals surface area contributed by atoms with E-state index in [9.17, 15) is 0 Å². The Morgan fingerprint density at radius 2 is 2.27 bits per heavy atom. The molecule has 1 aromatic heterocycles. The minimum Gasteiger partial charge on any atom is -0.483 e. The Balaban J connectivity index is 2.43. The summed E-state index contributed by atoms with van der Waals surface area (Å²) in [6, 6.07) is 0. The molecule has 1 aliphatic heterocycles. The number of nitrogens with zero attached hydrogens (tertiary/aromatic N) is 4. The molecule has 1 aliphatic rings. The third kappa shape index (κ3) is 0.806. The zero-order valence-corrected chi connectivity index (χ0v) is 6.40. The fourth-order valence-corrected chi connectivity index (χ4v) is 1.04. The van der Waals surface area contributed by atoms with Gasteiger partial charge in [0.25, 0.3) is 0 Å². The normalized spacial score (nSPS) is 14.5. The van der Waals surface area contributed by atoms with Crippen molar-refractivity contribution >= 4 is 5.90 Å². The first-order valence-corrected chi connectivity index (χ1v) is 3.34. The largest absolute Gasteiger partial charge is 0.483 e. The van der Waals surface area contributed by atoms with Crippen LogP contribution in [0.15, 0.2) is 5.10 Å². The quantitative estimate of drug-likeness (QED) is 0.523. The summed E-state index contributed by atoms with van der Waals surface area (Å²) < 4.78 is 6.66. The van der Waals surface area contributed by atoms with Gasteiger partial charge in [0.15, 0.2) is 11.6 Å². The van der Waals surface area contributed by atoms with Gasteiger partial charge in [0, 0.05) is 0 Å². The second-order valence-corrected chi connectivity index (χ2v) is 2.35. The van der Waals surface area contributed by atoms with Gasteiger partial charge in [-0.15, -0.1) is 15.3 Å². The molecule has 11 heavy (non-hydrogen) atoms. The highest BCUT2D eigenvalue weighted by molar-refractivity contribution is 5.79. The van der Waals surface area contributed by atoms with Crippen LogP contribution in [0.5, 0.6) is 0 Å². The highest BCUT2D eigenvalue weighted by atomic mass is 16.5. The summed E-state index contributed by atoms with van der Waals surface area (Å²) in [5, 5.41) is 11.9. The molecule has 0 saturated carbocycles. The Bertz CT molecular complexity index is 314. The maximum Gasteiger partial charge on any atom is 0.214 e. The Hall–Kier alpha value is -1.39. The number of methoxy groups -OCH3 is 1. The van der Waals surface area contributed by atoms with E-state index in [1.807, 2.05) is 6.92 Å². The highest BCUT2D eigenvalue weighted by Crippen LogP contribution is 2.09. The molecule has 5 heteroatoms. The molecule has 0 N–H and O–H groups in total. The lowest BCUT2D eigenvalue weighted by molar-refractivity contribution is 0.394. The van der Waals surface area contributed by atoms with E-state index in [1.165, 1.54) is 0 Å². The van der Waals surface area contributed by atoms with Crippen LogP contribution in [-0.4, -0.2) is 27.9 Å². The zero-order chi connectivity index (χ0) is 7.84. The summed E-state index contributed by atoms with van der Waals surface area (Å²) in [5.41, 5.74) is 0. The van der Waals surface area contributed by atoms with Crippen LogP contribution in [0.2, 0.25) is 0 Å². The molecule has 5 nitrogen and oxygen atoms in total. The molecule has 0 aromatic carbocycles. The molecule has 0 bridgehead atoms. The minimum atomic E-state index is 0.650. The summed E-state index contributed by atoms with van der Waals surface area (Å²) in [4.78, 5) is 0. The average molecular weight is 152 g/mol. The third-order valence-electron chi connectivity index (χ3n) is 1.62. The monoisotopic (exact) mass is 152 g/mol. The summed E-state index contributed by atoms with van der Waals surface area (Å²) in [5.74, 6) is 2.34. The number of ether oxygens (including phenoxy) is 1. The SMILES string of the molecule is COC1=Nn2c(C)nnc2C1. The van der Waals surface area contributed by atoms with Crippen LogP contribution in [0.3, 0.4) is 0 Å². The number of aryl methyl sites for hydroxylation is 1. The molecule has 0 fully saturated rings. The van der Waals surface area contributed by atoms with Gasteiger partial charge in [-0.3, -0.25) is 0 Å². The number of hydrogen-bond donors (Lipinski definition) is 0. The van der Waals surface area contributed by atoms with E-state index in [0.717, 1.165) is 11.6 Å². The van der Waals surface area contributed by atoms with Crippen LogP contribution in [-0.2, 0) is 11.2 Å². The Kier molecular flexibility index (Phi) is 1.18.